The highest BCUT2D eigenvalue weighted by Crippen LogP contribution is 2.54. The second kappa shape index (κ2) is 14.0. The zero-order chi connectivity index (χ0) is 44.3. The molecule has 0 aliphatic carbocycles. The summed E-state index contributed by atoms with van der Waals surface area (Å²) in [5.41, 5.74) is 12.3. The summed E-state index contributed by atoms with van der Waals surface area (Å²) in [6, 6.07) is 69.4. The minimum Gasteiger partial charge on any atom is -0.455 e. The zero-order valence-electron chi connectivity index (χ0n) is 35.7. The number of fused-ring (bicyclic) bond motifs is 9. The lowest BCUT2D eigenvalue weighted by Gasteiger charge is -2.25. The van der Waals surface area contributed by atoms with Crippen molar-refractivity contribution in [2.75, 3.05) is 0 Å². The molecule has 0 spiro atoms. The zero-order valence-corrected chi connectivity index (χ0v) is 35.7. The van der Waals surface area contributed by atoms with Crippen molar-refractivity contribution < 1.29 is 4.42 Å². The fraction of sp³-hybridized carbons (Fsp3) is 0. The molecule has 0 amide bonds. The third kappa shape index (κ3) is 4.99. The molecule has 4 aromatic heterocycles. The highest BCUT2D eigenvalue weighted by Gasteiger charge is 2.33. The van der Waals surface area contributed by atoms with Gasteiger partial charge in [-0.15, -0.1) is 0 Å². The van der Waals surface area contributed by atoms with Crippen molar-refractivity contribution in [1.82, 2.24) is 14.1 Å². The Bertz CT molecular complexity index is 4380. The fourth-order valence-corrected chi connectivity index (χ4v) is 11.2. The lowest BCUT2D eigenvalue weighted by Crippen LogP contribution is -2.09. The Morgan fingerprint density at radius 2 is 1.03 bits per heavy atom. The molecule has 0 aliphatic rings. The monoisotopic (exact) mass is 851 g/mol. The first-order chi connectivity index (χ1) is 33.2. The summed E-state index contributed by atoms with van der Waals surface area (Å²) in [4.78, 5) is 9.71. The van der Waals surface area contributed by atoms with Crippen molar-refractivity contribution in [2.24, 2.45) is 0 Å². The van der Waals surface area contributed by atoms with E-state index in [-0.39, 0.29) is 0 Å². The van der Waals surface area contributed by atoms with Crippen LogP contribution in [0.1, 0.15) is 5.56 Å². The predicted octanol–water partition coefficient (Wildman–Crippen LogP) is 16.3. The van der Waals surface area contributed by atoms with Crippen LogP contribution in [0, 0.1) is 17.9 Å². The van der Waals surface area contributed by atoms with Gasteiger partial charge in [0.25, 0.3) is 0 Å². The summed E-state index contributed by atoms with van der Waals surface area (Å²) < 4.78 is 11.2. The summed E-state index contributed by atoms with van der Waals surface area (Å²) >= 11 is 0. The Morgan fingerprint density at radius 1 is 0.463 bits per heavy atom. The number of hydrogen-bond donors (Lipinski definition) is 0. The van der Waals surface area contributed by atoms with E-state index in [9.17, 15) is 11.8 Å². The standard InChI is InChI=1S/C61H33N5O/c1-63-57-52(36-17-4-2-5-18-36)47(35-62)58(65-48-29-12-10-24-46(48)54-42(26-16-30-49(54)65)45-28-14-27-44-40-23-11-13-32-51(40)67-60(44)45)53(37-19-6-3-7-20-37)59(57)66-50-31-15-25-41-38-21-8-9-22-39(38)43-33-34-64-61(66)56(43)55(41)50/h2-34H. The highest BCUT2D eigenvalue weighted by molar-refractivity contribution is 6.34. The molecule has 0 radical (unpaired) electrons. The van der Waals surface area contributed by atoms with E-state index in [1.54, 1.807) is 0 Å². The molecule has 0 bridgehead atoms. The molecular formula is C61H33N5O. The molecule has 0 unspecified atom stereocenters. The summed E-state index contributed by atoms with van der Waals surface area (Å²) in [5, 5.41) is 22.7. The Balaban J connectivity index is 1.22. The summed E-state index contributed by atoms with van der Waals surface area (Å²) in [6.45, 7) is 9.23. The van der Waals surface area contributed by atoms with Gasteiger partial charge in [0.15, 0.2) is 0 Å². The van der Waals surface area contributed by atoms with E-state index in [0.29, 0.717) is 28.2 Å². The first-order valence-corrected chi connectivity index (χ1v) is 22.3. The van der Waals surface area contributed by atoms with E-state index in [0.717, 1.165) is 115 Å². The van der Waals surface area contributed by atoms with Crippen LogP contribution in [-0.4, -0.2) is 14.1 Å². The second-order valence-electron chi connectivity index (χ2n) is 17.1. The highest BCUT2D eigenvalue weighted by atomic mass is 16.3. The van der Waals surface area contributed by atoms with Crippen LogP contribution in [-0.2, 0) is 0 Å². The number of nitrogens with zero attached hydrogens (tertiary/aromatic N) is 5. The quantitative estimate of drug-likeness (QED) is 0.128. The molecular weight excluding hydrogens is 819 g/mol. The minimum atomic E-state index is 0.372. The molecule has 0 aliphatic heterocycles. The summed E-state index contributed by atoms with van der Waals surface area (Å²) in [5.74, 6) is 0. The molecule has 10 aromatic carbocycles. The Hall–Kier alpha value is -9.49. The van der Waals surface area contributed by atoms with Gasteiger partial charge in [-0.2, -0.15) is 5.26 Å². The fourth-order valence-electron chi connectivity index (χ4n) is 11.2. The van der Waals surface area contributed by atoms with Gasteiger partial charge in [-0.05, 0) is 68.6 Å². The number of furan rings is 1. The van der Waals surface area contributed by atoms with Crippen molar-refractivity contribution in [2.45, 2.75) is 0 Å². The van der Waals surface area contributed by atoms with E-state index in [4.69, 9.17) is 9.40 Å². The van der Waals surface area contributed by atoms with Gasteiger partial charge in [0.1, 0.15) is 22.9 Å². The maximum atomic E-state index is 11.9. The normalized spacial score (nSPS) is 11.9. The maximum Gasteiger partial charge on any atom is 0.220 e. The topological polar surface area (TPSA) is 64.0 Å². The summed E-state index contributed by atoms with van der Waals surface area (Å²) in [6.07, 6.45) is 1.88. The van der Waals surface area contributed by atoms with Crippen LogP contribution in [0.5, 0.6) is 0 Å². The van der Waals surface area contributed by atoms with Crippen LogP contribution in [0.3, 0.4) is 0 Å². The van der Waals surface area contributed by atoms with Gasteiger partial charge in [-0.25, -0.2) is 9.83 Å². The van der Waals surface area contributed by atoms with Crippen LogP contribution >= 0.6 is 0 Å². The van der Waals surface area contributed by atoms with E-state index in [1.165, 1.54) is 0 Å². The van der Waals surface area contributed by atoms with Crippen LogP contribution in [0.2, 0.25) is 0 Å². The van der Waals surface area contributed by atoms with E-state index >= 15 is 0 Å². The maximum absolute atomic E-state index is 11.9. The first-order valence-electron chi connectivity index (χ1n) is 22.3. The van der Waals surface area contributed by atoms with Crippen LogP contribution < -0.4 is 0 Å². The van der Waals surface area contributed by atoms with Gasteiger partial charge >= 0.3 is 0 Å². The number of hydrogen-bond acceptors (Lipinski definition) is 3. The predicted molar refractivity (Wildman–Crippen MR) is 274 cm³/mol. The van der Waals surface area contributed by atoms with E-state index in [2.05, 4.69) is 147 Å². The Labute approximate surface area is 383 Å². The number of benzene rings is 10. The smallest absolute Gasteiger partial charge is 0.220 e. The number of para-hydroxylation sites is 3. The average molecular weight is 852 g/mol. The Kier molecular flexibility index (Phi) is 7.72. The van der Waals surface area contributed by atoms with E-state index in [1.807, 2.05) is 72.9 Å². The molecule has 308 valence electrons. The van der Waals surface area contributed by atoms with Gasteiger partial charge < -0.3 is 13.6 Å². The molecule has 67 heavy (non-hydrogen) atoms. The molecule has 14 aromatic rings. The SMILES string of the molecule is [C-]#[N+]c1c(-c2ccccc2)c(C#N)c(-n2c3ccccc3c3c(-c4cccc5c4oc4ccccc45)cccc32)c(-c2ccccc2)c1-n1c2cccc3c4ccccc4c4ccnc1c4c32. The molecule has 0 saturated carbocycles. The number of aromatic nitrogens is 3. The minimum absolute atomic E-state index is 0.372. The number of nitriles is 1. The van der Waals surface area contributed by atoms with E-state index < -0.39 is 0 Å². The van der Waals surface area contributed by atoms with Crippen LogP contribution in [0.4, 0.5) is 5.69 Å². The van der Waals surface area contributed by atoms with Gasteiger partial charge in [-0.1, -0.05) is 164 Å². The van der Waals surface area contributed by atoms with Crippen LogP contribution in [0.25, 0.3) is 137 Å². The van der Waals surface area contributed by atoms with Gasteiger partial charge in [-0.3, -0.25) is 0 Å². The molecule has 6 nitrogen and oxygen atoms in total. The third-order valence-corrected chi connectivity index (χ3v) is 13.8. The largest absolute Gasteiger partial charge is 0.455 e. The molecule has 4 heterocycles. The molecule has 0 N–H and O–H groups in total. The van der Waals surface area contributed by atoms with Gasteiger partial charge in [0.2, 0.25) is 5.69 Å². The van der Waals surface area contributed by atoms with Gasteiger partial charge in [0.05, 0.1) is 40.1 Å². The van der Waals surface area contributed by atoms with Crippen molar-refractivity contribution in [3.8, 4) is 50.8 Å². The first kappa shape index (κ1) is 36.9. The number of rotatable bonds is 5. The lowest BCUT2D eigenvalue weighted by molar-refractivity contribution is 0.670. The van der Waals surface area contributed by atoms with Crippen molar-refractivity contribution in [1.29, 1.82) is 5.26 Å². The van der Waals surface area contributed by atoms with Crippen molar-refractivity contribution >= 4 is 92.9 Å². The molecule has 6 heteroatoms. The summed E-state index contributed by atoms with van der Waals surface area (Å²) in [7, 11) is 0. The lowest BCUT2D eigenvalue weighted by atomic mass is 9.88. The average Bonchev–Trinajstić information content (AvgIpc) is 4.06. The third-order valence-electron chi connectivity index (χ3n) is 13.8. The van der Waals surface area contributed by atoms with Crippen molar-refractivity contribution in [3.05, 3.63) is 217 Å². The molecule has 0 atom stereocenters. The second-order valence-corrected chi connectivity index (χ2v) is 17.1. The number of pyridine rings is 1. The molecule has 14 rings (SSSR count). The van der Waals surface area contributed by atoms with Crippen molar-refractivity contribution in [3.63, 3.8) is 0 Å². The van der Waals surface area contributed by atoms with Gasteiger partial charge in [0, 0.05) is 55.2 Å². The van der Waals surface area contributed by atoms with Crippen LogP contribution in [0.15, 0.2) is 205 Å². The molecule has 0 fully saturated rings. The Morgan fingerprint density at radius 3 is 1.78 bits per heavy atom. The molecule has 0 saturated heterocycles.